The lowest BCUT2D eigenvalue weighted by atomic mass is 10.1. The number of anilines is 2. The third-order valence-corrected chi connectivity index (χ3v) is 6.03. The number of nitrogens with one attached hydrogen (secondary N) is 1. The standard InChI is InChI=1S/C18H20N2O3S/c1-13-4-5-14(2)17(12-13)19-18(21)15-6-8-16(9-7-15)20-10-3-11-24(20,22)23/h4-9,12H,3,10-11H2,1-2H3,(H,19,21). The molecule has 1 N–H and O–H groups in total. The summed E-state index contributed by atoms with van der Waals surface area (Å²) >= 11 is 0. The van der Waals surface area contributed by atoms with Gasteiger partial charge in [-0.25, -0.2) is 8.42 Å². The Labute approximate surface area is 142 Å². The summed E-state index contributed by atoms with van der Waals surface area (Å²) in [5, 5.41) is 2.90. The minimum absolute atomic E-state index is 0.182. The first kappa shape index (κ1) is 16.5. The predicted molar refractivity (Wildman–Crippen MR) is 96.1 cm³/mol. The zero-order chi connectivity index (χ0) is 17.3. The summed E-state index contributed by atoms with van der Waals surface area (Å²) in [5.41, 5.74) is 3.96. The molecule has 1 heterocycles. The third-order valence-electron chi connectivity index (χ3n) is 4.16. The van der Waals surface area contributed by atoms with Gasteiger partial charge in [0.15, 0.2) is 0 Å². The normalized spacial score (nSPS) is 16.2. The molecule has 3 rings (SSSR count). The fourth-order valence-electron chi connectivity index (χ4n) is 2.77. The van der Waals surface area contributed by atoms with Crippen molar-refractivity contribution in [2.24, 2.45) is 0 Å². The number of nitrogens with zero attached hydrogens (tertiary/aromatic N) is 1. The number of rotatable bonds is 3. The van der Waals surface area contributed by atoms with Crippen LogP contribution >= 0.6 is 0 Å². The monoisotopic (exact) mass is 344 g/mol. The highest BCUT2D eigenvalue weighted by atomic mass is 32.2. The van der Waals surface area contributed by atoms with Gasteiger partial charge in [-0.15, -0.1) is 0 Å². The second-order valence-corrected chi connectivity index (χ2v) is 8.07. The minimum atomic E-state index is -3.20. The molecule has 1 amide bonds. The first-order valence-electron chi connectivity index (χ1n) is 7.86. The molecule has 0 bridgehead atoms. The van der Waals surface area contributed by atoms with Gasteiger partial charge >= 0.3 is 0 Å². The molecule has 1 saturated heterocycles. The van der Waals surface area contributed by atoms with Crippen molar-refractivity contribution in [3.63, 3.8) is 0 Å². The van der Waals surface area contributed by atoms with Crippen LogP contribution in [0.15, 0.2) is 42.5 Å². The predicted octanol–water partition coefficient (Wildman–Crippen LogP) is 3.10. The first-order chi connectivity index (χ1) is 11.4. The Hall–Kier alpha value is -2.34. The molecule has 126 valence electrons. The number of amides is 1. The van der Waals surface area contributed by atoms with Crippen LogP contribution in [0.5, 0.6) is 0 Å². The minimum Gasteiger partial charge on any atom is -0.322 e. The van der Waals surface area contributed by atoms with E-state index in [4.69, 9.17) is 0 Å². The van der Waals surface area contributed by atoms with Gasteiger partial charge in [0, 0.05) is 17.8 Å². The Morgan fingerprint density at radius 3 is 2.42 bits per heavy atom. The van der Waals surface area contributed by atoms with Crippen LogP contribution in [0, 0.1) is 13.8 Å². The van der Waals surface area contributed by atoms with Crippen molar-refractivity contribution in [3.8, 4) is 0 Å². The summed E-state index contributed by atoms with van der Waals surface area (Å²) in [6.45, 7) is 4.41. The van der Waals surface area contributed by atoms with E-state index in [1.807, 2.05) is 32.0 Å². The lowest BCUT2D eigenvalue weighted by molar-refractivity contribution is 0.102. The largest absolute Gasteiger partial charge is 0.322 e. The zero-order valence-electron chi connectivity index (χ0n) is 13.7. The highest BCUT2D eigenvalue weighted by Crippen LogP contribution is 2.24. The SMILES string of the molecule is Cc1ccc(C)c(NC(=O)c2ccc(N3CCCS3(=O)=O)cc2)c1. The summed E-state index contributed by atoms with van der Waals surface area (Å²) in [6.07, 6.45) is 0.636. The number of aryl methyl sites for hydroxylation is 2. The lowest BCUT2D eigenvalue weighted by Gasteiger charge is -2.17. The molecule has 2 aromatic rings. The van der Waals surface area contributed by atoms with Crippen LogP contribution in [0.4, 0.5) is 11.4 Å². The van der Waals surface area contributed by atoms with E-state index in [-0.39, 0.29) is 11.7 Å². The molecular formula is C18H20N2O3S. The van der Waals surface area contributed by atoms with Gasteiger partial charge in [0.1, 0.15) is 0 Å². The van der Waals surface area contributed by atoms with Gasteiger partial charge in [0.05, 0.1) is 11.4 Å². The number of carbonyl (C=O) groups excluding carboxylic acids is 1. The van der Waals surface area contributed by atoms with Crippen molar-refractivity contribution >= 4 is 27.3 Å². The van der Waals surface area contributed by atoms with Crippen molar-refractivity contribution in [3.05, 3.63) is 59.2 Å². The number of sulfonamides is 1. The third kappa shape index (κ3) is 3.28. The number of hydrogen-bond donors (Lipinski definition) is 1. The molecule has 0 unspecified atom stereocenters. The molecule has 0 aromatic heterocycles. The number of hydrogen-bond acceptors (Lipinski definition) is 3. The fraction of sp³-hybridized carbons (Fsp3) is 0.278. The van der Waals surface area contributed by atoms with Crippen LogP contribution in [-0.4, -0.2) is 26.6 Å². The molecule has 1 aliphatic rings. The average Bonchev–Trinajstić information content (AvgIpc) is 2.90. The molecule has 0 spiro atoms. The summed E-state index contributed by atoms with van der Waals surface area (Å²) < 4.78 is 25.3. The molecule has 0 aliphatic carbocycles. The Bertz CT molecular complexity index is 874. The lowest BCUT2D eigenvalue weighted by Crippen LogP contribution is -2.25. The smallest absolute Gasteiger partial charge is 0.255 e. The molecule has 5 nitrogen and oxygen atoms in total. The van der Waals surface area contributed by atoms with E-state index in [1.165, 1.54) is 4.31 Å². The van der Waals surface area contributed by atoms with Gasteiger partial charge in [-0.2, -0.15) is 0 Å². The topological polar surface area (TPSA) is 66.5 Å². The van der Waals surface area contributed by atoms with E-state index >= 15 is 0 Å². The maximum Gasteiger partial charge on any atom is 0.255 e. The van der Waals surface area contributed by atoms with Crippen molar-refractivity contribution in [2.45, 2.75) is 20.3 Å². The van der Waals surface area contributed by atoms with Gasteiger partial charge in [0.25, 0.3) is 5.91 Å². The van der Waals surface area contributed by atoms with E-state index in [0.717, 1.165) is 16.8 Å². The van der Waals surface area contributed by atoms with Crippen molar-refractivity contribution in [1.82, 2.24) is 0 Å². The second-order valence-electron chi connectivity index (χ2n) is 6.06. The molecule has 6 heteroatoms. The molecule has 1 aliphatic heterocycles. The van der Waals surface area contributed by atoms with E-state index in [0.29, 0.717) is 24.2 Å². The molecule has 0 atom stereocenters. The first-order valence-corrected chi connectivity index (χ1v) is 9.47. The van der Waals surface area contributed by atoms with E-state index in [1.54, 1.807) is 24.3 Å². The van der Waals surface area contributed by atoms with Crippen molar-refractivity contribution in [2.75, 3.05) is 21.9 Å². The van der Waals surface area contributed by atoms with Crippen LogP contribution in [-0.2, 0) is 10.0 Å². The van der Waals surface area contributed by atoms with Gasteiger partial charge in [0.2, 0.25) is 10.0 Å². The molecule has 2 aromatic carbocycles. The Morgan fingerprint density at radius 2 is 1.79 bits per heavy atom. The maximum atomic E-state index is 12.4. The van der Waals surface area contributed by atoms with Crippen LogP contribution < -0.4 is 9.62 Å². The van der Waals surface area contributed by atoms with Crippen molar-refractivity contribution in [1.29, 1.82) is 0 Å². The van der Waals surface area contributed by atoms with Gasteiger partial charge < -0.3 is 5.32 Å². The number of benzene rings is 2. The van der Waals surface area contributed by atoms with E-state index in [9.17, 15) is 13.2 Å². The molecule has 0 radical (unpaired) electrons. The van der Waals surface area contributed by atoms with Gasteiger partial charge in [-0.1, -0.05) is 12.1 Å². The van der Waals surface area contributed by atoms with E-state index < -0.39 is 10.0 Å². The molecule has 0 saturated carbocycles. The van der Waals surface area contributed by atoms with Crippen LogP contribution in [0.1, 0.15) is 27.9 Å². The van der Waals surface area contributed by atoms with Gasteiger partial charge in [-0.3, -0.25) is 9.10 Å². The average molecular weight is 344 g/mol. The summed E-state index contributed by atoms with van der Waals surface area (Å²) in [4.78, 5) is 12.4. The van der Waals surface area contributed by atoms with Crippen LogP contribution in [0.25, 0.3) is 0 Å². The highest BCUT2D eigenvalue weighted by Gasteiger charge is 2.28. The summed E-state index contributed by atoms with van der Waals surface area (Å²) in [6, 6.07) is 12.6. The van der Waals surface area contributed by atoms with Crippen molar-refractivity contribution < 1.29 is 13.2 Å². The molecule has 24 heavy (non-hydrogen) atoms. The number of carbonyl (C=O) groups is 1. The summed E-state index contributed by atoms with van der Waals surface area (Å²) in [7, 11) is -3.20. The Balaban J connectivity index is 1.78. The van der Waals surface area contributed by atoms with E-state index in [2.05, 4.69) is 5.32 Å². The molecule has 1 fully saturated rings. The van der Waals surface area contributed by atoms with Crippen LogP contribution in [0.3, 0.4) is 0 Å². The highest BCUT2D eigenvalue weighted by molar-refractivity contribution is 7.93. The maximum absolute atomic E-state index is 12.4. The quantitative estimate of drug-likeness (QED) is 0.930. The second kappa shape index (κ2) is 6.28. The fourth-order valence-corrected chi connectivity index (χ4v) is 4.34. The molecular weight excluding hydrogens is 324 g/mol. The van der Waals surface area contributed by atoms with Crippen LogP contribution in [0.2, 0.25) is 0 Å². The Kier molecular flexibility index (Phi) is 4.32. The Morgan fingerprint density at radius 1 is 1.08 bits per heavy atom. The zero-order valence-corrected chi connectivity index (χ0v) is 14.6. The summed E-state index contributed by atoms with van der Waals surface area (Å²) in [5.74, 6) is -0.0264. The van der Waals surface area contributed by atoms with Gasteiger partial charge in [-0.05, 0) is 61.7 Å².